The molecule has 2 aliphatic heterocycles. The van der Waals surface area contributed by atoms with Crippen LogP contribution in [-0.4, -0.2) is 42.5 Å². The van der Waals surface area contributed by atoms with Crippen molar-refractivity contribution < 1.29 is 9.47 Å². The van der Waals surface area contributed by atoms with Crippen LogP contribution in [0.2, 0.25) is 0 Å². The molecule has 47 heavy (non-hydrogen) atoms. The monoisotopic (exact) mass is 654 g/mol. The van der Waals surface area contributed by atoms with Crippen molar-refractivity contribution in [2.24, 2.45) is 0 Å². The molecule has 0 N–H and O–H groups in total. The maximum Gasteiger partial charge on any atom is 0.169 e. The summed E-state index contributed by atoms with van der Waals surface area (Å²) in [5.41, 5.74) is 0. The van der Waals surface area contributed by atoms with Crippen molar-refractivity contribution in [3.63, 3.8) is 0 Å². The highest BCUT2D eigenvalue weighted by Crippen LogP contribution is 2.40. The Balaban J connectivity index is 1.56. The number of likely N-dealkylation sites (N-methyl/N-ethyl adjacent to an activating group) is 1. The van der Waals surface area contributed by atoms with Crippen LogP contribution in [0.15, 0.2) is 48.6 Å². The molecule has 2 saturated heterocycles. The third kappa shape index (κ3) is 21.5. The number of hydrogen-bond donors (Lipinski definition) is 0. The molecule has 0 bridgehead atoms. The summed E-state index contributed by atoms with van der Waals surface area (Å²) >= 11 is 0. The Kier molecular flexibility index (Phi) is 26.6. The molecule has 2 aliphatic rings. The van der Waals surface area contributed by atoms with E-state index >= 15 is 0 Å². The van der Waals surface area contributed by atoms with E-state index in [1.54, 1.807) is 0 Å². The van der Waals surface area contributed by atoms with Crippen molar-refractivity contribution in [3.8, 4) is 0 Å². The van der Waals surface area contributed by atoms with Crippen LogP contribution in [0.4, 0.5) is 0 Å². The fraction of sp³-hybridized carbons (Fsp3) is 0.818. The molecule has 2 atom stereocenters. The lowest BCUT2D eigenvalue weighted by molar-refractivity contribution is -0.185. The molecule has 3 heteroatoms. The molecule has 3 nitrogen and oxygen atoms in total. The fourth-order valence-electron chi connectivity index (χ4n) is 7.20. The first-order chi connectivity index (χ1) is 23.2. The number of unbranched alkanes of at least 4 members (excludes halogenated alkanes) is 18. The summed E-state index contributed by atoms with van der Waals surface area (Å²) in [6.07, 6.45) is 53.9. The number of ether oxygens (including phenoxy) is 2. The van der Waals surface area contributed by atoms with Crippen LogP contribution in [0.25, 0.3) is 0 Å². The third-order valence-corrected chi connectivity index (χ3v) is 10.3. The van der Waals surface area contributed by atoms with E-state index in [1.807, 2.05) is 0 Å². The largest absolute Gasteiger partial charge is 0.344 e. The third-order valence-electron chi connectivity index (χ3n) is 10.3. The molecule has 0 aromatic rings. The number of allylic oxidation sites excluding steroid dienone is 8. The summed E-state index contributed by atoms with van der Waals surface area (Å²) in [5.74, 6) is -0.316. The van der Waals surface area contributed by atoms with Crippen LogP contribution in [0.3, 0.4) is 0 Å². The Bertz CT molecular complexity index is 766. The number of nitrogens with zero attached hydrogens (tertiary/aromatic N) is 1. The average molecular weight is 654 g/mol. The zero-order valence-electron chi connectivity index (χ0n) is 31.8. The lowest BCUT2D eigenvalue weighted by atomic mass is 9.98. The topological polar surface area (TPSA) is 21.7 Å². The van der Waals surface area contributed by atoms with Crippen molar-refractivity contribution in [1.29, 1.82) is 0 Å². The van der Waals surface area contributed by atoms with E-state index in [0.29, 0.717) is 6.10 Å². The van der Waals surface area contributed by atoms with E-state index in [2.05, 4.69) is 74.3 Å². The molecule has 2 unspecified atom stereocenters. The second kappa shape index (κ2) is 29.7. The number of likely N-dealkylation sites (tertiary alicyclic amines) is 1. The van der Waals surface area contributed by atoms with Crippen molar-refractivity contribution in [3.05, 3.63) is 48.6 Å². The van der Waals surface area contributed by atoms with Gasteiger partial charge in [0.05, 0.1) is 12.2 Å². The van der Waals surface area contributed by atoms with Crippen LogP contribution in [0, 0.1) is 0 Å². The molecule has 0 aliphatic carbocycles. The number of fused-ring (bicyclic) bond motifs is 1. The molecule has 0 aromatic heterocycles. The highest BCUT2D eigenvalue weighted by molar-refractivity contribution is 4.94. The summed E-state index contributed by atoms with van der Waals surface area (Å²) in [4.78, 5) is 2.54. The van der Waals surface area contributed by atoms with Gasteiger partial charge in [0, 0.05) is 25.9 Å². The Labute approximate surface area is 294 Å². The zero-order chi connectivity index (χ0) is 33.5. The van der Waals surface area contributed by atoms with Crippen LogP contribution >= 0.6 is 0 Å². The number of hydrogen-bond acceptors (Lipinski definition) is 3. The SMILES string of the molecule is CCCCCC=CCC=CCCCCCCCCC1(CCCCCCCCC=CCC=CCCCCC)OC2CCN(CC)CC2O1. The molecule has 0 radical (unpaired) electrons. The summed E-state index contributed by atoms with van der Waals surface area (Å²) < 4.78 is 13.7. The smallest absolute Gasteiger partial charge is 0.169 e. The summed E-state index contributed by atoms with van der Waals surface area (Å²) in [5, 5.41) is 0. The zero-order valence-corrected chi connectivity index (χ0v) is 31.8. The molecule has 2 rings (SSSR count). The van der Waals surface area contributed by atoms with Crippen LogP contribution in [0.5, 0.6) is 0 Å². The predicted octanol–water partition coefficient (Wildman–Crippen LogP) is 13.6. The molecule has 0 spiro atoms. The maximum atomic E-state index is 6.84. The van der Waals surface area contributed by atoms with E-state index in [9.17, 15) is 0 Å². The highest BCUT2D eigenvalue weighted by atomic mass is 16.8. The van der Waals surface area contributed by atoms with E-state index < -0.39 is 0 Å². The maximum absolute atomic E-state index is 6.84. The van der Waals surface area contributed by atoms with Gasteiger partial charge < -0.3 is 14.4 Å². The van der Waals surface area contributed by atoms with Gasteiger partial charge in [-0.1, -0.05) is 146 Å². The molecule has 272 valence electrons. The van der Waals surface area contributed by atoms with Gasteiger partial charge in [0.2, 0.25) is 0 Å². The summed E-state index contributed by atoms with van der Waals surface area (Å²) in [7, 11) is 0. The second-order valence-electron chi connectivity index (χ2n) is 14.6. The lowest BCUT2D eigenvalue weighted by Gasteiger charge is -2.31. The highest BCUT2D eigenvalue weighted by Gasteiger charge is 2.48. The van der Waals surface area contributed by atoms with E-state index in [4.69, 9.17) is 9.47 Å². The van der Waals surface area contributed by atoms with E-state index in [0.717, 1.165) is 51.7 Å². The standard InChI is InChI=1S/C44H79NO2/c1-4-7-9-11-13-15-17-19-21-23-25-27-29-31-33-35-38-44(46-42-37-40-45(6-3)41-43(42)47-44)39-36-34-32-30-28-26-24-22-20-18-16-14-12-10-8-5-2/h13-16,19-22,42-43H,4-12,17-18,23-41H2,1-3H3. The Morgan fingerprint density at radius 3 is 1.34 bits per heavy atom. The minimum atomic E-state index is -0.316. The van der Waals surface area contributed by atoms with Crippen molar-refractivity contribution in [1.82, 2.24) is 4.90 Å². The van der Waals surface area contributed by atoms with Gasteiger partial charge in [-0.3, -0.25) is 0 Å². The molecule has 2 fully saturated rings. The average Bonchev–Trinajstić information content (AvgIpc) is 3.45. The Morgan fingerprint density at radius 1 is 0.489 bits per heavy atom. The minimum absolute atomic E-state index is 0.276. The van der Waals surface area contributed by atoms with Gasteiger partial charge in [0.25, 0.3) is 0 Å². The first-order valence-electron chi connectivity index (χ1n) is 20.9. The molecule has 0 amide bonds. The normalized spacial score (nSPS) is 22.2. The van der Waals surface area contributed by atoms with Crippen LogP contribution < -0.4 is 0 Å². The molecule has 0 aromatic carbocycles. The first-order valence-corrected chi connectivity index (χ1v) is 20.9. The molecule has 0 saturated carbocycles. The van der Waals surface area contributed by atoms with Crippen molar-refractivity contribution in [2.75, 3.05) is 19.6 Å². The van der Waals surface area contributed by atoms with Crippen molar-refractivity contribution in [2.45, 2.75) is 212 Å². The first kappa shape index (κ1) is 42.0. The molecule has 2 heterocycles. The van der Waals surface area contributed by atoms with Crippen LogP contribution in [0.1, 0.15) is 194 Å². The van der Waals surface area contributed by atoms with Gasteiger partial charge >= 0.3 is 0 Å². The van der Waals surface area contributed by atoms with Gasteiger partial charge in [-0.15, -0.1) is 0 Å². The number of piperidine rings is 1. The Hall–Kier alpha value is -1.16. The lowest BCUT2D eigenvalue weighted by Crippen LogP contribution is -2.44. The fourth-order valence-corrected chi connectivity index (χ4v) is 7.20. The second-order valence-corrected chi connectivity index (χ2v) is 14.6. The van der Waals surface area contributed by atoms with Gasteiger partial charge in [0.15, 0.2) is 5.79 Å². The van der Waals surface area contributed by atoms with Crippen LogP contribution in [-0.2, 0) is 9.47 Å². The minimum Gasteiger partial charge on any atom is -0.344 e. The molecular formula is C44H79NO2. The van der Waals surface area contributed by atoms with E-state index in [-0.39, 0.29) is 11.9 Å². The Morgan fingerprint density at radius 2 is 0.894 bits per heavy atom. The summed E-state index contributed by atoms with van der Waals surface area (Å²) in [6.45, 7) is 10.2. The molecular weight excluding hydrogens is 574 g/mol. The van der Waals surface area contributed by atoms with E-state index in [1.165, 1.54) is 141 Å². The quantitative estimate of drug-likeness (QED) is 0.0549. The number of rotatable bonds is 31. The van der Waals surface area contributed by atoms with Crippen molar-refractivity contribution >= 4 is 0 Å². The van der Waals surface area contributed by atoms with Gasteiger partial charge in [-0.05, 0) is 90.0 Å². The van der Waals surface area contributed by atoms with Gasteiger partial charge in [-0.25, -0.2) is 0 Å². The predicted molar refractivity (Wildman–Crippen MR) is 207 cm³/mol. The summed E-state index contributed by atoms with van der Waals surface area (Å²) in [6, 6.07) is 0. The van der Waals surface area contributed by atoms with Gasteiger partial charge in [-0.2, -0.15) is 0 Å². The van der Waals surface area contributed by atoms with Gasteiger partial charge in [0.1, 0.15) is 0 Å².